The summed E-state index contributed by atoms with van der Waals surface area (Å²) in [5.74, 6) is 0. The van der Waals surface area contributed by atoms with E-state index in [1.54, 1.807) is 0 Å². The fourth-order valence-corrected chi connectivity index (χ4v) is 1.62. The highest BCUT2D eigenvalue weighted by Gasteiger charge is 2.32. The van der Waals surface area contributed by atoms with E-state index in [1.165, 1.54) is 5.56 Å². The zero-order valence-electron chi connectivity index (χ0n) is 7.66. The minimum Gasteiger partial charge on any atom is -0.370 e. The maximum Gasteiger partial charge on any atom is 0.0842 e. The van der Waals surface area contributed by atoms with Crippen LogP contribution in [0.4, 0.5) is 0 Å². The molecule has 2 unspecified atom stereocenters. The normalized spacial score (nSPS) is 26.0. The largest absolute Gasteiger partial charge is 0.370 e. The lowest BCUT2D eigenvalue weighted by molar-refractivity contribution is 0.370. The molecule has 1 aromatic rings. The molecule has 1 nitrogen and oxygen atoms in total. The molecule has 0 amide bonds. The molecular weight excluding hydrogens is 184 g/mol. The molecule has 1 aromatic carbocycles. The minimum absolute atomic E-state index is 0.479. The lowest BCUT2D eigenvalue weighted by Crippen LogP contribution is -1.93. The van der Waals surface area contributed by atoms with Crippen molar-refractivity contribution in [3.8, 4) is 0 Å². The highest BCUT2D eigenvalue weighted by molar-refractivity contribution is 6.30. The monoisotopic (exact) mass is 196 g/mol. The van der Waals surface area contributed by atoms with Crippen LogP contribution >= 0.6 is 11.6 Å². The lowest BCUT2D eigenvalue weighted by atomic mass is 10.1. The van der Waals surface area contributed by atoms with Crippen LogP contribution in [0.5, 0.6) is 0 Å². The highest BCUT2D eigenvalue weighted by Crippen LogP contribution is 2.26. The van der Waals surface area contributed by atoms with Gasteiger partial charge < -0.3 is 4.74 Å². The maximum absolute atomic E-state index is 5.79. The Kier molecular flexibility index (Phi) is 2.56. The van der Waals surface area contributed by atoms with Gasteiger partial charge in [0.05, 0.1) is 12.2 Å². The Morgan fingerprint density at radius 3 is 2.46 bits per heavy atom. The van der Waals surface area contributed by atoms with E-state index in [0.717, 1.165) is 17.9 Å². The van der Waals surface area contributed by atoms with Crippen molar-refractivity contribution in [2.75, 3.05) is 0 Å². The SMILES string of the molecule is CC1OC1CCc1ccc(Cl)cc1. The summed E-state index contributed by atoms with van der Waals surface area (Å²) >= 11 is 5.79. The maximum atomic E-state index is 5.79. The zero-order chi connectivity index (χ0) is 9.26. The highest BCUT2D eigenvalue weighted by atomic mass is 35.5. The minimum atomic E-state index is 0.479. The quantitative estimate of drug-likeness (QED) is 0.677. The van der Waals surface area contributed by atoms with Crippen molar-refractivity contribution in [3.63, 3.8) is 0 Å². The third-order valence-electron chi connectivity index (χ3n) is 2.47. The van der Waals surface area contributed by atoms with Gasteiger partial charge in [0.1, 0.15) is 0 Å². The van der Waals surface area contributed by atoms with Crippen LogP contribution < -0.4 is 0 Å². The van der Waals surface area contributed by atoms with Crippen LogP contribution in [-0.2, 0) is 11.2 Å². The average molecular weight is 197 g/mol. The summed E-state index contributed by atoms with van der Waals surface area (Å²) in [6, 6.07) is 8.03. The van der Waals surface area contributed by atoms with Gasteiger partial charge in [0, 0.05) is 5.02 Å². The van der Waals surface area contributed by atoms with Gasteiger partial charge in [-0.1, -0.05) is 23.7 Å². The molecule has 1 fully saturated rings. The number of benzene rings is 1. The fraction of sp³-hybridized carbons (Fsp3) is 0.455. The number of rotatable bonds is 3. The second-order valence-corrected chi connectivity index (χ2v) is 3.98. The van der Waals surface area contributed by atoms with Crippen LogP contribution in [0.3, 0.4) is 0 Å². The molecule has 0 spiro atoms. The molecule has 0 N–H and O–H groups in total. The third kappa shape index (κ3) is 2.45. The molecule has 1 saturated heterocycles. The summed E-state index contributed by atoms with van der Waals surface area (Å²) in [6.45, 7) is 2.12. The predicted molar refractivity (Wildman–Crippen MR) is 54.1 cm³/mol. The fourth-order valence-electron chi connectivity index (χ4n) is 1.49. The number of ether oxygens (including phenoxy) is 1. The van der Waals surface area contributed by atoms with E-state index in [9.17, 15) is 0 Å². The van der Waals surface area contributed by atoms with Crippen molar-refractivity contribution in [2.45, 2.75) is 32.0 Å². The van der Waals surface area contributed by atoms with Gasteiger partial charge in [-0.3, -0.25) is 0 Å². The van der Waals surface area contributed by atoms with Crippen molar-refractivity contribution in [2.24, 2.45) is 0 Å². The lowest BCUT2D eigenvalue weighted by Gasteiger charge is -1.98. The van der Waals surface area contributed by atoms with Gasteiger partial charge in [0.15, 0.2) is 0 Å². The standard InChI is InChI=1S/C11H13ClO/c1-8-11(13-8)7-4-9-2-5-10(12)6-3-9/h2-3,5-6,8,11H,4,7H2,1H3. The van der Waals surface area contributed by atoms with E-state index >= 15 is 0 Å². The molecule has 0 radical (unpaired) electrons. The Morgan fingerprint density at radius 1 is 1.31 bits per heavy atom. The summed E-state index contributed by atoms with van der Waals surface area (Å²) < 4.78 is 5.34. The third-order valence-corrected chi connectivity index (χ3v) is 2.72. The summed E-state index contributed by atoms with van der Waals surface area (Å²) in [4.78, 5) is 0. The zero-order valence-corrected chi connectivity index (χ0v) is 8.42. The number of hydrogen-bond acceptors (Lipinski definition) is 1. The van der Waals surface area contributed by atoms with E-state index in [2.05, 4.69) is 19.1 Å². The van der Waals surface area contributed by atoms with Gasteiger partial charge in [-0.25, -0.2) is 0 Å². The van der Waals surface area contributed by atoms with Crippen LogP contribution in [0.25, 0.3) is 0 Å². The topological polar surface area (TPSA) is 12.5 Å². The summed E-state index contributed by atoms with van der Waals surface area (Å²) in [5.41, 5.74) is 1.34. The Balaban J connectivity index is 1.84. The molecule has 13 heavy (non-hydrogen) atoms. The molecule has 0 saturated carbocycles. The Hall–Kier alpha value is -0.530. The van der Waals surface area contributed by atoms with Crippen molar-refractivity contribution in [3.05, 3.63) is 34.9 Å². The van der Waals surface area contributed by atoms with E-state index in [0.29, 0.717) is 12.2 Å². The van der Waals surface area contributed by atoms with Crippen molar-refractivity contribution in [1.82, 2.24) is 0 Å². The molecule has 0 aliphatic carbocycles. The van der Waals surface area contributed by atoms with E-state index < -0.39 is 0 Å². The molecule has 2 atom stereocenters. The van der Waals surface area contributed by atoms with Crippen LogP contribution in [0.1, 0.15) is 18.9 Å². The van der Waals surface area contributed by atoms with Crippen molar-refractivity contribution >= 4 is 11.6 Å². The van der Waals surface area contributed by atoms with Gasteiger partial charge >= 0.3 is 0 Å². The number of halogens is 1. The Morgan fingerprint density at radius 2 is 1.92 bits per heavy atom. The van der Waals surface area contributed by atoms with E-state index in [4.69, 9.17) is 16.3 Å². The van der Waals surface area contributed by atoms with Gasteiger partial charge in [0.25, 0.3) is 0 Å². The predicted octanol–water partition coefficient (Wildman–Crippen LogP) is 3.06. The van der Waals surface area contributed by atoms with Gasteiger partial charge in [-0.05, 0) is 37.5 Å². The van der Waals surface area contributed by atoms with Gasteiger partial charge in [0.2, 0.25) is 0 Å². The van der Waals surface area contributed by atoms with Gasteiger partial charge in [-0.2, -0.15) is 0 Å². The molecular formula is C11H13ClO. The first-order chi connectivity index (χ1) is 6.25. The number of hydrogen-bond donors (Lipinski definition) is 0. The van der Waals surface area contributed by atoms with E-state index in [1.807, 2.05) is 12.1 Å². The molecule has 0 aromatic heterocycles. The molecule has 70 valence electrons. The van der Waals surface area contributed by atoms with Crippen LogP contribution in [0.2, 0.25) is 5.02 Å². The molecule has 0 bridgehead atoms. The first-order valence-corrected chi connectivity index (χ1v) is 5.03. The van der Waals surface area contributed by atoms with Crippen molar-refractivity contribution in [1.29, 1.82) is 0 Å². The molecule has 2 rings (SSSR count). The second kappa shape index (κ2) is 3.69. The Labute approximate surface area is 83.7 Å². The van der Waals surface area contributed by atoms with Crippen molar-refractivity contribution < 1.29 is 4.74 Å². The summed E-state index contributed by atoms with van der Waals surface area (Å²) in [6.07, 6.45) is 3.19. The molecule has 1 heterocycles. The molecule has 1 aliphatic rings. The van der Waals surface area contributed by atoms with E-state index in [-0.39, 0.29) is 0 Å². The molecule has 1 aliphatic heterocycles. The first-order valence-electron chi connectivity index (χ1n) is 4.65. The summed E-state index contributed by atoms with van der Waals surface area (Å²) in [5, 5.41) is 0.805. The van der Waals surface area contributed by atoms with Crippen LogP contribution in [0, 0.1) is 0 Å². The van der Waals surface area contributed by atoms with Gasteiger partial charge in [-0.15, -0.1) is 0 Å². The number of aryl methyl sites for hydroxylation is 1. The Bertz CT molecular complexity index is 281. The number of epoxide rings is 1. The molecule has 2 heteroatoms. The second-order valence-electron chi connectivity index (χ2n) is 3.54. The smallest absolute Gasteiger partial charge is 0.0842 e. The van der Waals surface area contributed by atoms with Crippen LogP contribution in [0.15, 0.2) is 24.3 Å². The van der Waals surface area contributed by atoms with Crippen LogP contribution in [-0.4, -0.2) is 12.2 Å². The first kappa shape index (κ1) is 9.04. The summed E-state index contributed by atoms with van der Waals surface area (Å²) in [7, 11) is 0. The average Bonchev–Trinajstić information content (AvgIpc) is 2.81.